The lowest BCUT2D eigenvalue weighted by molar-refractivity contribution is -0.119. The number of amides is 1. The minimum Gasteiger partial charge on any atom is -0.376 e. The van der Waals surface area contributed by atoms with Gasteiger partial charge in [-0.2, -0.15) is 5.10 Å². The predicted octanol–water partition coefficient (Wildman–Crippen LogP) is 3.04. The zero-order chi connectivity index (χ0) is 15.1. The molecule has 0 saturated carbocycles. The van der Waals surface area contributed by atoms with E-state index in [1.54, 1.807) is 24.3 Å². The molecule has 2 rings (SSSR count). The van der Waals surface area contributed by atoms with Crippen molar-refractivity contribution in [3.63, 3.8) is 0 Å². The van der Waals surface area contributed by atoms with Crippen LogP contribution in [0.1, 0.15) is 5.56 Å². The number of hydrogen-bond acceptors (Lipinski definition) is 3. The molecule has 0 unspecified atom stereocenters. The summed E-state index contributed by atoms with van der Waals surface area (Å²) in [6.07, 6.45) is 1.47. The van der Waals surface area contributed by atoms with Gasteiger partial charge in [0.2, 0.25) is 0 Å². The molecule has 0 aliphatic heterocycles. The number of hydrogen-bond donors (Lipinski definition) is 2. The molecule has 0 bridgehead atoms. The fraction of sp³-hybridized carbons (Fsp3) is 0.0667. The molecule has 0 spiro atoms. The number of carbonyl (C=O) groups excluding carboxylic acids is 1. The Kier molecular flexibility index (Phi) is 5.29. The molecular weight excluding hydrogens is 293 g/mol. The smallest absolute Gasteiger partial charge is 0.259 e. The van der Waals surface area contributed by atoms with Crippen LogP contribution < -0.4 is 10.7 Å². The number of halogens is 2. The minimum atomic E-state index is -0.325. The Morgan fingerprint density at radius 3 is 2.62 bits per heavy atom. The fourth-order valence-electron chi connectivity index (χ4n) is 1.54. The van der Waals surface area contributed by atoms with Crippen LogP contribution in [0.2, 0.25) is 5.02 Å². The van der Waals surface area contributed by atoms with Crippen LogP contribution in [0.15, 0.2) is 53.6 Å². The molecule has 0 saturated heterocycles. The van der Waals surface area contributed by atoms with Crippen LogP contribution in [0, 0.1) is 5.82 Å². The molecule has 0 aliphatic rings. The van der Waals surface area contributed by atoms with Crippen molar-refractivity contribution in [1.29, 1.82) is 0 Å². The van der Waals surface area contributed by atoms with Crippen LogP contribution in [-0.2, 0) is 4.79 Å². The van der Waals surface area contributed by atoms with Crippen LogP contribution in [0.3, 0.4) is 0 Å². The van der Waals surface area contributed by atoms with Gasteiger partial charge in [-0.3, -0.25) is 4.79 Å². The van der Waals surface area contributed by atoms with Crippen molar-refractivity contribution >= 4 is 29.4 Å². The maximum absolute atomic E-state index is 12.7. The normalized spacial score (nSPS) is 10.6. The van der Waals surface area contributed by atoms with Gasteiger partial charge in [0.25, 0.3) is 5.91 Å². The number of rotatable bonds is 5. The number of carbonyl (C=O) groups is 1. The first-order valence-corrected chi connectivity index (χ1v) is 6.59. The summed E-state index contributed by atoms with van der Waals surface area (Å²) in [6, 6.07) is 12.9. The highest BCUT2D eigenvalue weighted by Gasteiger charge is 2.00. The third kappa shape index (κ3) is 4.89. The van der Waals surface area contributed by atoms with Gasteiger partial charge < -0.3 is 5.32 Å². The summed E-state index contributed by atoms with van der Waals surface area (Å²) in [5, 5.41) is 7.23. The molecule has 2 N–H and O–H groups in total. The average molecular weight is 306 g/mol. The van der Waals surface area contributed by atoms with Crippen LogP contribution >= 0.6 is 11.6 Å². The van der Waals surface area contributed by atoms with Crippen molar-refractivity contribution in [2.24, 2.45) is 5.10 Å². The summed E-state index contributed by atoms with van der Waals surface area (Å²) in [7, 11) is 0. The fourth-order valence-corrected chi connectivity index (χ4v) is 1.73. The molecule has 108 valence electrons. The van der Waals surface area contributed by atoms with E-state index in [2.05, 4.69) is 15.8 Å². The highest BCUT2D eigenvalue weighted by atomic mass is 35.5. The van der Waals surface area contributed by atoms with E-state index in [1.807, 2.05) is 12.1 Å². The Morgan fingerprint density at radius 1 is 1.19 bits per heavy atom. The highest BCUT2D eigenvalue weighted by Crippen LogP contribution is 2.12. The summed E-state index contributed by atoms with van der Waals surface area (Å²) < 4.78 is 12.7. The van der Waals surface area contributed by atoms with Gasteiger partial charge in [0, 0.05) is 16.3 Å². The van der Waals surface area contributed by atoms with Crippen LogP contribution in [0.5, 0.6) is 0 Å². The molecule has 6 heteroatoms. The average Bonchev–Trinajstić information content (AvgIpc) is 2.49. The molecule has 2 aromatic carbocycles. The first-order valence-electron chi connectivity index (χ1n) is 6.21. The van der Waals surface area contributed by atoms with Crippen molar-refractivity contribution in [1.82, 2.24) is 5.43 Å². The van der Waals surface area contributed by atoms with Gasteiger partial charge in [0.1, 0.15) is 5.82 Å². The molecule has 4 nitrogen and oxygen atoms in total. The number of hydrazone groups is 1. The second kappa shape index (κ2) is 7.40. The van der Waals surface area contributed by atoms with E-state index in [9.17, 15) is 9.18 Å². The SMILES string of the molecule is O=C(CNc1ccc(F)cc1)N/N=C\c1ccccc1Cl. The van der Waals surface area contributed by atoms with Crippen molar-refractivity contribution in [3.8, 4) is 0 Å². The molecule has 21 heavy (non-hydrogen) atoms. The topological polar surface area (TPSA) is 53.5 Å². The van der Waals surface area contributed by atoms with Gasteiger partial charge in [-0.05, 0) is 30.3 Å². The van der Waals surface area contributed by atoms with Gasteiger partial charge in [-0.15, -0.1) is 0 Å². The van der Waals surface area contributed by atoms with Crippen molar-refractivity contribution in [3.05, 3.63) is 64.9 Å². The van der Waals surface area contributed by atoms with Gasteiger partial charge >= 0.3 is 0 Å². The zero-order valence-electron chi connectivity index (χ0n) is 11.0. The van der Waals surface area contributed by atoms with E-state index in [-0.39, 0.29) is 18.3 Å². The lowest BCUT2D eigenvalue weighted by atomic mass is 10.2. The largest absolute Gasteiger partial charge is 0.376 e. The van der Waals surface area contributed by atoms with Gasteiger partial charge in [0.05, 0.1) is 12.8 Å². The number of nitrogens with zero attached hydrogens (tertiary/aromatic N) is 1. The quantitative estimate of drug-likeness (QED) is 0.659. The summed E-state index contributed by atoms with van der Waals surface area (Å²) >= 11 is 5.95. The number of nitrogens with one attached hydrogen (secondary N) is 2. The maximum atomic E-state index is 12.7. The lowest BCUT2D eigenvalue weighted by Gasteiger charge is -2.04. The molecule has 0 aromatic heterocycles. The van der Waals surface area contributed by atoms with E-state index < -0.39 is 0 Å². The van der Waals surface area contributed by atoms with E-state index >= 15 is 0 Å². The Hall–Kier alpha value is -2.40. The molecule has 0 radical (unpaired) electrons. The molecule has 1 amide bonds. The van der Waals surface area contributed by atoms with Gasteiger partial charge in [-0.1, -0.05) is 29.8 Å². The van der Waals surface area contributed by atoms with E-state index in [0.717, 1.165) is 0 Å². The second-order valence-corrected chi connectivity index (χ2v) is 4.58. The summed E-state index contributed by atoms with van der Waals surface area (Å²) in [6.45, 7) is 0.0332. The standard InChI is InChI=1S/C15H13ClFN3O/c16-14-4-2-1-3-11(14)9-19-20-15(21)10-18-13-7-5-12(17)6-8-13/h1-9,18H,10H2,(H,20,21)/b19-9-. The molecule has 0 fully saturated rings. The zero-order valence-corrected chi connectivity index (χ0v) is 11.8. The Labute approximate surface area is 126 Å². The van der Waals surface area contributed by atoms with Gasteiger partial charge in [0.15, 0.2) is 0 Å². The van der Waals surface area contributed by atoms with E-state index in [1.165, 1.54) is 18.3 Å². The molecule has 0 heterocycles. The Balaban J connectivity index is 1.80. The summed E-state index contributed by atoms with van der Waals surface area (Å²) in [5.74, 6) is -0.642. The van der Waals surface area contributed by atoms with Crippen LogP contribution in [0.4, 0.5) is 10.1 Å². The second-order valence-electron chi connectivity index (χ2n) is 4.18. The number of anilines is 1. The van der Waals surface area contributed by atoms with Crippen molar-refractivity contribution in [2.75, 3.05) is 11.9 Å². The summed E-state index contributed by atoms with van der Waals surface area (Å²) in [4.78, 5) is 11.6. The minimum absolute atomic E-state index is 0.0332. The predicted molar refractivity (Wildman–Crippen MR) is 82.1 cm³/mol. The lowest BCUT2D eigenvalue weighted by Crippen LogP contribution is -2.25. The molecule has 0 aliphatic carbocycles. The molecule has 2 aromatic rings. The summed E-state index contributed by atoms with van der Waals surface area (Å²) in [5.41, 5.74) is 3.74. The van der Waals surface area contributed by atoms with Crippen LogP contribution in [-0.4, -0.2) is 18.7 Å². The Bertz CT molecular complexity index is 644. The van der Waals surface area contributed by atoms with Crippen molar-refractivity contribution in [2.45, 2.75) is 0 Å². The number of benzene rings is 2. The van der Waals surface area contributed by atoms with Crippen molar-refractivity contribution < 1.29 is 9.18 Å². The van der Waals surface area contributed by atoms with E-state index in [0.29, 0.717) is 16.3 Å². The third-order valence-electron chi connectivity index (χ3n) is 2.60. The molecule has 0 atom stereocenters. The van der Waals surface area contributed by atoms with E-state index in [4.69, 9.17) is 11.6 Å². The van der Waals surface area contributed by atoms with Gasteiger partial charge in [-0.25, -0.2) is 9.82 Å². The monoisotopic (exact) mass is 305 g/mol. The van der Waals surface area contributed by atoms with Crippen LogP contribution in [0.25, 0.3) is 0 Å². The Morgan fingerprint density at radius 2 is 1.90 bits per heavy atom. The highest BCUT2D eigenvalue weighted by molar-refractivity contribution is 6.33. The first-order chi connectivity index (χ1) is 10.1. The molecular formula is C15H13ClFN3O. The maximum Gasteiger partial charge on any atom is 0.259 e. The first kappa shape index (κ1) is 15.0. The third-order valence-corrected chi connectivity index (χ3v) is 2.94.